The van der Waals surface area contributed by atoms with Gasteiger partial charge in [0.25, 0.3) is 0 Å². The number of rotatable bonds is 15. The van der Waals surface area contributed by atoms with Crippen molar-refractivity contribution in [1.82, 2.24) is 40.1 Å². The second kappa shape index (κ2) is 20.0. The minimum absolute atomic E-state index is 0.341. The first kappa shape index (κ1) is 44.4. The summed E-state index contributed by atoms with van der Waals surface area (Å²) in [6.07, 6.45) is 14.9. The Kier molecular flexibility index (Phi) is 14.4. The highest BCUT2D eigenvalue weighted by Crippen LogP contribution is 2.35. The first-order chi connectivity index (χ1) is 30.0. The van der Waals surface area contributed by atoms with Crippen molar-refractivity contribution in [1.29, 1.82) is 0 Å². The van der Waals surface area contributed by atoms with Gasteiger partial charge in [0.15, 0.2) is 11.4 Å². The van der Waals surface area contributed by atoms with E-state index in [0.717, 1.165) is 94.0 Å². The quantitative estimate of drug-likeness (QED) is 0.0388. The van der Waals surface area contributed by atoms with Crippen molar-refractivity contribution in [2.75, 3.05) is 30.3 Å². The number of fused-ring (bicyclic) bond motifs is 2. The summed E-state index contributed by atoms with van der Waals surface area (Å²) in [7, 11) is -1.15. The topological polar surface area (TPSA) is 138 Å². The molecule has 0 unspecified atom stereocenters. The van der Waals surface area contributed by atoms with Gasteiger partial charge in [-0.3, -0.25) is 0 Å². The molecule has 5 N–H and O–H groups in total. The first-order valence-corrected chi connectivity index (χ1v) is 25.9. The van der Waals surface area contributed by atoms with Gasteiger partial charge >= 0.3 is 0 Å². The molecular weight excluding hydrogens is 789 g/mol. The zero-order valence-corrected chi connectivity index (χ0v) is 38.4. The Balaban J connectivity index is 0.000000192. The summed E-state index contributed by atoms with van der Waals surface area (Å²) >= 11 is 0. The highest BCUT2D eigenvalue weighted by molar-refractivity contribution is 6.76. The third kappa shape index (κ3) is 10.5. The Hall–Kier alpha value is -5.64. The Bertz CT molecular complexity index is 2560. The molecule has 14 heteroatoms. The molecule has 4 aromatic heterocycles. The van der Waals surface area contributed by atoms with Gasteiger partial charge in [-0.1, -0.05) is 57.8 Å². The summed E-state index contributed by atoms with van der Waals surface area (Å²) in [5.41, 5.74) is 9.20. The zero-order valence-electron chi connectivity index (χ0n) is 37.4. The van der Waals surface area contributed by atoms with E-state index in [1.807, 2.05) is 61.9 Å². The maximum Gasteiger partial charge on any atom is 0.223 e. The summed E-state index contributed by atoms with van der Waals surface area (Å²) in [5, 5.41) is 16.4. The Morgan fingerprint density at radius 3 is 1.87 bits per heavy atom. The summed E-state index contributed by atoms with van der Waals surface area (Å²) in [6, 6.07) is 14.3. The minimum Gasteiger partial charge on any atom is -0.362 e. The predicted molar refractivity (Wildman–Crippen MR) is 256 cm³/mol. The number of nitrogens with one attached hydrogen (secondary N) is 5. The minimum atomic E-state index is -1.15. The first-order valence-electron chi connectivity index (χ1n) is 22.2. The molecule has 0 bridgehead atoms. The Morgan fingerprint density at radius 1 is 0.758 bits per heavy atom. The lowest BCUT2D eigenvalue weighted by Gasteiger charge is -2.22. The van der Waals surface area contributed by atoms with Crippen LogP contribution in [-0.4, -0.2) is 81.4 Å². The van der Waals surface area contributed by atoms with E-state index >= 15 is 0 Å². The molecule has 62 heavy (non-hydrogen) atoms. The molecule has 0 spiro atoms. The maximum absolute atomic E-state index is 7.47. The third-order valence-electron chi connectivity index (χ3n) is 12.1. The largest absolute Gasteiger partial charge is 0.362 e. The van der Waals surface area contributed by atoms with Crippen LogP contribution < -0.4 is 21.3 Å². The molecule has 2 saturated carbocycles. The molecule has 0 aliphatic heterocycles. The van der Waals surface area contributed by atoms with E-state index in [1.165, 1.54) is 25.7 Å². The smallest absolute Gasteiger partial charge is 0.223 e. The van der Waals surface area contributed by atoms with Gasteiger partial charge < -0.3 is 35.6 Å². The van der Waals surface area contributed by atoms with Gasteiger partial charge in [-0.25, -0.2) is 29.6 Å². The normalized spacial score (nSPS) is 18.7. The lowest BCUT2D eigenvalue weighted by atomic mass is 10.1. The molecule has 2 aromatic carbocycles. The van der Waals surface area contributed by atoms with E-state index in [9.17, 15) is 0 Å². The van der Waals surface area contributed by atoms with Crippen molar-refractivity contribution >= 4 is 53.2 Å². The number of H-pyrrole nitrogens is 1. The van der Waals surface area contributed by atoms with Crippen LogP contribution >= 0.6 is 0 Å². The maximum atomic E-state index is 7.47. The van der Waals surface area contributed by atoms with Gasteiger partial charge in [-0.2, -0.15) is 0 Å². The number of aromatic amines is 1. The highest BCUT2D eigenvalue weighted by Gasteiger charge is 2.28. The van der Waals surface area contributed by atoms with Crippen molar-refractivity contribution in [3.05, 3.63) is 95.1 Å². The van der Waals surface area contributed by atoms with Gasteiger partial charge in [-0.05, 0) is 94.8 Å². The summed E-state index contributed by atoms with van der Waals surface area (Å²) in [6.45, 7) is 33.3. The number of ether oxygens (including phenoxy) is 1. The highest BCUT2D eigenvalue weighted by atomic mass is 28.3. The summed E-state index contributed by atoms with van der Waals surface area (Å²) in [5.74, 6) is 1.35. The SMILES string of the molecule is [C-]#[N+]c1ccc2c(-c3nc(N[C@H]4CCC[C@@H]4NCC)ncc3C)c[nH]c2c1.[C-]#[N+]c1ccc2c(-c3nc(N[C@H]4CCC[C@@H]4NCC)ncc3C)cn(COCC[Si](C)(C)C)c2c1. The molecule has 0 saturated heterocycles. The molecule has 6 aromatic rings. The van der Waals surface area contributed by atoms with Crippen LogP contribution in [0.4, 0.5) is 23.3 Å². The number of aromatic nitrogens is 6. The van der Waals surface area contributed by atoms with Crippen molar-refractivity contribution in [3.8, 4) is 22.5 Å². The molecule has 4 atom stereocenters. The number of nitrogens with zero attached hydrogens (tertiary/aromatic N) is 7. The van der Waals surface area contributed by atoms with Crippen molar-refractivity contribution < 1.29 is 4.74 Å². The molecular formula is C48H62N12OSi. The standard InChI is InChI=1S/C27H38N6OSi.C21H24N6/c1-7-29-23-9-8-10-24(23)31-27-30-16-19(2)26(32-27)22-17-33(18-34-13-14-35(4,5)6)25-15-20(28-3)11-12-21(22)25;1-4-23-17-6-5-7-18(17)26-21-25-11-13(2)20(27-21)16-12-24-19-10-14(22-3)8-9-15(16)19/h11-12,15-17,23-24,29H,7-10,13-14,18H2,1-2,4-6H3,(H,30,31,32);8-12,17-18,23-24H,4-7H2,1-2H3,(H,25,26,27)/t23-,24-;17-,18-/m00/s1. The lowest BCUT2D eigenvalue weighted by molar-refractivity contribution is 0.0903. The molecule has 2 aliphatic carbocycles. The van der Waals surface area contributed by atoms with Gasteiger partial charge in [0.05, 0.1) is 24.5 Å². The fourth-order valence-corrected chi connectivity index (χ4v) is 9.50. The van der Waals surface area contributed by atoms with Crippen LogP contribution in [0.15, 0.2) is 61.2 Å². The number of aryl methyl sites for hydroxylation is 2. The average Bonchev–Trinajstić information content (AvgIpc) is 4.08. The number of anilines is 2. The van der Waals surface area contributed by atoms with E-state index in [2.05, 4.69) is 97.1 Å². The van der Waals surface area contributed by atoms with Crippen LogP contribution in [0, 0.1) is 27.0 Å². The summed E-state index contributed by atoms with van der Waals surface area (Å²) < 4.78 is 8.18. The second-order valence-electron chi connectivity index (χ2n) is 17.9. The molecule has 13 nitrogen and oxygen atoms in total. The van der Waals surface area contributed by atoms with Crippen LogP contribution in [0.5, 0.6) is 0 Å². The number of likely N-dealkylation sites (N-methyl/N-ethyl adjacent to an activating group) is 2. The van der Waals surface area contributed by atoms with Crippen LogP contribution in [0.25, 0.3) is 54.0 Å². The Labute approximate surface area is 367 Å². The van der Waals surface area contributed by atoms with Crippen molar-refractivity contribution in [3.63, 3.8) is 0 Å². The molecule has 2 fully saturated rings. The molecule has 0 radical (unpaired) electrons. The fraction of sp³-hybridized carbons (Fsp3) is 0.458. The van der Waals surface area contributed by atoms with E-state index in [4.69, 9.17) is 27.8 Å². The fourth-order valence-electron chi connectivity index (χ4n) is 8.75. The lowest BCUT2D eigenvalue weighted by Crippen LogP contribution is -2.40. The molecule has 0 amide bonds. The van der Waals surface area contributed by atoms with E-state index in [-0.39, 0.29) is 0 Å². The molecule has 8 rings (SSSR count). The second-order valence-corrected chi connectivity index (χ2v) is 23.5. The van der Waals surface area contributed by atoms with Gasteiger partial charge in [-0.15, -0.1) is 0 Å². The van der Waals surface area contributed by atoms with Crippen LogP contribution in [-0.2, 0) is 11.5 Å². The molecule has 2 aliphatic rings. The number of hydrogen-bond donors (Lipinski definition) is 5. The summed E-state index contributed by atoms with van der Waals surface area (Å²) in [4.78, 5) is 29.3. The number of hydrogen-bond acceptors (Lipinski definition) is 9. The van der Waals surface area contributed by atoms with E-state index in [1.54, 1.807) is 0 Å². The van der Waals surface area contributed by atoms with Crippen LogP contribution in [0.3, 0.4) is 0 Å². The van der Waals surface area contributed by atoms with Crippen LogP contribution in [0.2, 0.25) is 25.7 Å². The van der Waals surface area contributed by atoms with Crippen LogP contribution in [0.1, 0.15) is 63.5 Å². The van der Waals surface area contributed by atoms with E-state index in [0.29, 0.717) is 54.2 Å². The van der Waals surface area contributed by atoms with Gasteiger partial charge in [0, 0.05) is 96.6 Å². The predicted octanol–water partition coefficient (Wildman–Crippen LogP) is 10.6. The third-order valence-corrected chi connectivity index (χ3v) is 13.8. The van der Waals surface area contributed by atoms with Gasteiger partial charge in [0.2, 0.25) is 11.9 Å². The van der Waals surface area contributed by atoms with Crippen molar-refractivity contribution in [2.24, 2.45) is 0 Å². The van der Waals surface area contributed by atoms with Gasteiger partial charge in [0.1, 0.15) is 6.73 Å². The molecule has 324 valence electrons. The average molecular weight is 851 g/mol. The van der Waals surface area contributed by atoms with Crippen molar-refractivity contribution in [2.45, 2.75) is 123 Å². The molecule has 4 heterocycles. The monoisotopic (exact) mass is 850 g/mol. The zero-order chi connectivity index (χ0) is 43.8. The Morgan fingerprint density at radius 2 is 1.31 bits per heavy atom. The van der Waals surface area contributed by atoms with E-state index < -0.39 is 8.07 Å². The number of benzene rings is 2.